The molecule has 0 radical (unpaired) electrons. The van der Waals surface area contributed by atoms with Crippen molar-refractivity contribution in [1.29, 1.82) is 0 Å². The molecule has 0 aromatic heterocycles. The zero-order valence-corrected chi connectivity index (χ0v) is 12.9. The first-order valence-corrected chi connectivity index (χ1v) is 7.01. The molecular formula is C17H18N2O4. The van der Waals surface area contributed by atoms with E-state index >= 15 is 0 Å². The molecule has 0 aliphatic carbocycles. The molecule has 0 heterocycles. The van der Waals surface area contributed by atoms with Gasteiger partial charge in [-0.1, -0.05) is 12.1 Å². The lowest BCUT2D eigenvalue weighted by atomic mass is 10.2. The molecule has 0 saturated heterocycles. The molecule has 0 bridgehead atoms. The summed E-state index contributed by atoms with van der Waals surface area (Å²) in [5.74, 6) is -0.661. The second-order valence-corrected chi connectivity index (χ2v) is 4.98. The SMILES string of the molecule is COc1ccc(CNC(=O)C(=O)Nc2ccc(O)cc2C)cc1. The quantitative estimate of drug-likeness (QED) is 0.595. The smallest absolute Gasteiger partial charge is 0.313 e. The minimum Gasteiger partial charge on any atom is -0.508 e. The van der Waals surface area contributed by atoms with Crippen LogP contribution in [-0.4, -0.2) is 24.0 Å². The van der Waals surface area contributed by atoms with Gasteiger partial charge in [-0.2, -0.15) is 0 Å². The van der Waals surface area contributed by atoms with Crippen LogP contribution < -0.4 is 15.4 Å². The third-order valence-electron chi connectivity index (χ3n) is 3.28. The van der Waals surface area contributed by atoms with Crippen LogP contribution in [0.5, 0.6) is 11.5 Å². The summed E-state index contributed by atoms with van der Waals surface area (Å²) in [7, 11) is 1.58. The van der Waals surface area contributed by atoms with E-state index in [-0.39, 0.29) is 12.3 Å². The summed E-state index contributed by atoms with van der Waals surface area (Å²) in [5, 5.41) is 14.4. The minimum atomic E-state index is -0.757. The number of rotatable bonds is 4. The number of hydrogen-bond donors (Lipinski definition) is 3. The van der Waals surface area contributed by atoms with Crippen LogP contribution in [0.4, 0.5) is 5.69 Å². The Balaban J connectivity index is 1.90. The van der Waals surface area contributed by atoms with Crippen molar-refractivity contribution >= 4 is 17.5 Å². The molecule has 2 aromatic rings. The van der Waals surface area contributed by atoms with Crippen molar-refractivity contribution in [2.45, 2.75) is 13.5 Å². The number of hydrogen-bond acceptors (Lipinski definition) is 4. The molecule has 0 spiro atoms. The lowest BCUT2D eigenvalue weighted by Crippen LogP contribution is -2.35. The van der Waals surface area contributed by atoms with E-state index in [1.807, 2.05) is 0 Å². The summed E-state index contributed by atoms with van der Waals surface area (Å²) in [6, 6.07) is 11.7. The van der Waals surface area contributed by atoms with E-state index in [1.54, 1.807) is 44.4 Å². The van der Waals surface area contributed by atoms with Crippen molar-refractivity contribution in [3.63, 3.8) is 0 Å². The Kier molecular flexibility index (Phi) is 5.19. The Morgan fingerprint density at radius 2 is 1.78 bits per heavy atom. The van der Waals surface area contributed by atoms with Crippen LogP contribution in [0.1, 0.15) is 11.1 Å². The highest BCUT2D eigenvalue weighted by Crippen LogP contribution is 2.19. The third-order valence-corrected chi connectivity index (χ3v) is 3.28. The van der Waals surface area contributed by atoms with Gasteiger partial charge in [-0.15, -0.1) is 0 Å². The normalized spacial score (nSPS) is 10.0. The summed E-state index contributed by atoms with van der Waals surface area (Å²) in [4.78, 5) is 23.7. The number of aryl methyl sites for hydroxylation is 1. The van der Waals surface area contributed by atoms with Crippen molar-refractivity contribution in [2.75, 3.05) is 12.4 Å². The van der Waals surface area contributed by atoms with E-state index in [1.165, 1.54) is 12.1 Å². The number of aromatic hydroxyl groups is 1. The van der Waals surface area contributed by atoms with E-state index in [2.05, 4.69) is 10.6 Å². The number of carbonyl (C=O) groups is 2. The molecule has 6 nitrogen and oxygen atoms in total. The van der Waals surface area contributed by atoms with Crippen LogP contribution in [-0.2, 0) is 16.1 Å². The van der Waals surface area contributed by atoms with Gasteiger partial charge in [-0.3, -0.25) is 9.59 Å². The number of phenolic OH excluding ortho intramolecular Hbond substituents is 1. The van der Waals surface area contributed by atoms with Gasteiger partial charge in [0.25, 0.3) is 0 Å². The predicted octanol–water partition coefficient (Wildman–Crippen LogP) is 1.96. The van der Waals surface area contributed by atoms with Gasteiger partial charge in [0.1, 0.15) is 11.5 Å². The van der Waals surface area contributed by atoms with Crippen LogP contribution in [0.15, 0.2) is 42.5 Å². The molecule has 0 aliphatic heterocycles. The second kappa shape index (κ2) is 7.31. The van der Waals surface area contributed by atoms with Crippen molar-refractivity contribution in [1.82, 2.24) is 5.32 Å². The highest BCUT2D eigenvalue weighted by molar-refractivity contribution is 6.39. The molecule has 3 N–H and O–H groups in total. The van der Waals surface area contributed by atoms with Crippen molar-refractivity contribution < 1.29 is 19.4 Å². The summed E-state index contributed by atoms with van der Waals surface area (Å²) >= 11 is 0. The maximum atomic E-state index is 11.9. The van der Waals surface area contributed by atoms with Gasteiger partial charge in [-0.25, -0.2) is 0 Å². The predicted molar refractivity (Wildman–Crippen MR) is 86.3 cm³/mol. The Morgan fingerprint density at radius 3 is 2.39 bits per heavy atom. The number of benzene rings is 2. The Morgan fingerprint density at radius 1 is 1.09 bits per heavy atom. The van der Waals surface area contributed by atoms with Crippen molar-refractivity contribution in [3.05, 3.63) is 53.6 Å². The molecule has 2 rings (SSSR count). The molecule has 23 heavy (non-hydrogen) atoms. The second-order valence-electron chi connectivity index (χ2n) is 4.98. The summed E-state index contributed by atoms with van der Waals surface area (Å²) in [6.45, 7) is 1.97. The molecular weight excluding hydrogens is 296 g/mol. The van der Waals surface area contributed by atoms with Crippen LogP contribution in [0.25, 0.3) is 0 Å². The van der Waals surface area contributed by atoms with Crippen LogP contribution in [0.3, 0.4) is 0 Å². The van der Waals surface area contributed by atoms with Crippen molar-refractivity contribution in [3.8, 4) is 11.5 Å². The highest BCUT2D eigenvalue weighted by Gasteiger charge is 2.14. The van der Waals surface area contributed by atoms with Gasteiger partial charge in [0.2, 0.25) is 0 Å². The summed E-state index contributed by atoms with van der Waals surface area (Å²) in [5.41, 5.74) is 2.00. The largest absolute Gasteiger partial charge is 0.508 e. The maximum Gasteiger partial charge on any atom is 0.313 e. The maximum absolute atomic E-state index is 11.9. The Bertz CT molecular complexity index is 711. The number of phenols is 1. The zero-order valence-electron chi connectivity index (χ0n) is 12.9. The topological polar surface area (TPSA) is 87.7 Å². The first-order valence-electron chi connectivity index (χ1n) is 7.01. The molecule has 2 amide bonds. The fourth-order valence-corrected chi connectivity index (χ4v) is 1.97. The van der Waals surface area contributed by atoms with Gasteiger partial charge in [0.05, 0.1) is 7.11 Å². The number of carbonyl (C=O) groups excluding carboxylic acids is 2. The molecule has 0 atom stereocenters. The van der Waals surface area contributed by atoms with Crippen LogP contribution in [0.2, 0.25) is 0 Å². The van der Waals surface area contributed by atoms with E-state index < -0.39 is 11.8 Å². The van der Waals surface area contributed by atoms with Gasteiger partial charge in [0, 0.05) is 12.2 Å². The molecule has 0 unspecified atom stereocenters. The number of methoxy groups -OCH3 is 1. The molecule has 0 aliphatic rings. The lowest BCUT2D eigenvalue weighted by Gasteiger charge is -2.09. The molecule has 120 valence electrons. The first-order chi connectivity index (χ1) is 11.0. The van der Waals surface area contributed by atoms with E-state index in [0.717, 1.165) is 11.3 Å². The van der Waals surface area contributed by atoms with E-state index in [0.29, 0.717) is 11.3 Å². The van der Waals surface area contributed by atoms with E-state index in [9.17, 15) is 14.7 Å². The minimum absolute atomic E-state index is 0.101. The average molecular weight is 314 g/mol. The van der Waals surface area contributed by atoms with Gasteiger partial charge in [-0.05, 0) is 48.4 Å². The Labute approximate surface area is 134 Å². The lowest BCUT2D eigenvalue weighted by molar-refractivity contribution is -0.136. The van der Waals surface area contributed by atoms with Crippen LogP contribution >= 0.6 is 0 Å². The number of ether oxygens (including phenoxy) is 1. The standard InChI is InChI=1S/C17H18N2O4/c1-11-9-13(20)5-8-15(11)19-17(22)16(21)18-10-12-3-6-14(23-2)7-4-12/h3-9,20H,10H2,1-2H3,(H,18,21)(H,19,22). The van der Waals surface area contributed by atoms with Gasteiger partial charge in [0.15, 0.2) is 0 Å². The summed E-state index contributed by atoms with van der Waals surface area (Å²) < 4.78 is 5.05. The van der Waals surface area contributed by atoms with Gasteiger partial charge >= 0.3 is 11.8 Å². The first kappa shape index (κ1) is 16.4. The molecule has 0 fully saturated rings. The fourth-order valence-electron chi connectivity index (χ4n) is 1.97. The fraction of sp³-hybridized carbons (Fsp3) is 0.176. The molecule has 0 saturated carbocycles. The molecule has 2 aromatic carbocycles. The molecule has 6 heteroatoms. The third kappa shape index (κ3) is 4.47. The summed E-state index contributed by atoms with van der Waals surface area (Å²) in [6.07, 6.45) is 0. The van der Waals surface area contributed by atoms with Crippen LogP contribution in [0, 0.1) is 6.92 Å². The van der Waals surface area contributed by atoms with E-state index in [4.69, 9.17) is 4.74 Å². The number of amides is 2. The number of anilines is 1. The van der Waals surface area contributed by atoms with Crippen molar-refractivity contribution in [2.24, 2.45) is 0 Å². The average Bonchev–Trinajstić information content (AvgIpc) is 2.55. The highest BCUT2D eigenvalue weighted by atomic mass is 16.5. The van der Waals surface area contributed by atoms with Gasteiger partial charge < -0.3 is 20.5 Å². The monoisotopic (exact) mass is 314 g/mol. The Hall–Kier alpha value is -3.02. The zero-order chi connectivity index (χ0) is 16.8. The number of nitrogens with one attached hydrogen (secondary N) is 2.